The van der Waals surface area contributed by atoms with E-state index < -0.39 is 0 Å². The molecule has 0 aromatic carbocycles. The molecule has 1 heterocycles. The number of nitrogens with zero attached hydrogens (tertiary/aromatic N) is 2. The predicted octanol–water partition coefficient (Wildman–Crippen LogP) is 5.42. The number of aliphatic imine (C=N–C) groups is 1. The molecule has 0 saturated carbocycles. The quantitative estimate of drug-likeness (QED) is 0.498. The van der Waals surface area contributed by atoms with Gasteiger partial charge in [0.15, 0.2) is 0 Å². The smallest absolute Gasteiger partial charge is 0.147 e. The van der Waals surface area contributed by atoms with Gasteiger partial charge in [0.2, 0.25) is 0 Å². The van der Waals surface area contributed by atoms with Crippen LogP contribution in [0.15, 0.2) is 76.6 Å². The van der Waals surface area contributed by atoms with Crippen LogP contribution in [-0.2, 0) is 0 Å². The Morgan fingerprint density at radius 3 is 2.38 bits per heavy atom. The van der Waals surface area contributed by atoms with Gasteiger partial charge in [-0.25, -0.2) is 4.39 Å². The van der Waals surface area contributed by atoms with Gasteiger partial charge in [0.05, 0.1) is 5.70 Å². The fourth-order valence-electron chi connectivity index (χ4n) is 1.75. The Morgan fingerprint density at radius 1 is 1.24 bits per heavy atom. The molecule has 2 nitrogen and oxygen atoms in total. The molecular weight excluding hydrogens is 263 g/mol. The minimum absolute atomic E-state index is 0.335. The van der Waals surface area contributed by atoms with Crippen molar-refractivity contribution in [1.82, 2.24) is 4.90 Å². The molecule has 0 aliphatic carbocycles. The van der Waals surface area contributed by atoms with Crippen molar-refractivity contribution in [1.29, 1.82) is 0 Å². The highest BCUT2D eigenvalue weighted by Crippen LogP contribution is 2.26. The van der Waals surface area contributed by atoms with E-state index in [4.69, 9.17) is 0 Å². The summed E-state index contributed by atoms with van der Waals surface area (Å²) >= 11 is 0. The number of allylic oxidation sites excluding steroid dienone is 7. The molecule has 0 unspecified atom stereocenters. The van der Waals surface area contributed by atoms with Gasteiger partial charge in [0.25, 0.3) is 0 Å². The van der Waals surface area contributed by atoms with Crippen LogP contribution in [0.25, 0.3) is 0 Å². The van der Waals surface area contributed by atoms with Crippen molar-refractivity contribution in [2.24, 2.45) is 4.99 Å². The number of rotatable bonds is 4. The lowest BCUT2D eigenvalue weighted by molar-refractivity contribution is 0.538. The van der Waals surface area contributed by atoms with E-state index in [1.807, 2.05) is 47.0 Å². The summed E-state index contributed by atoms with van der Waals surface area (Å²) in [5, 5.41) is 0. The second-order valence-corrected chi connectivity index (χ2v) is 5.31. The summed E-state index contributed by atoms with van der Waals surface area (Å²) < 4.78 is 14.0. The maximum atomic E-state index is 14.0. The molecular formula is C18H23FN2. The SMILES string of the molecule is C=C/C(C)=C(/C)N=C(C)C1=CN(C=C(C)C)C(=C)C(F)=C1. The zero-order valence-corrected chi connectivity index (χ0v) is 13.5. The molecule has 3 heteroatoms. The highest BCUT2D eigenvalue weighted by molar-refractivity contribution is 6.01. The van der Waals surface area contributed by atoms with Gasteiger partial charge < -0.3 is 4.90 Å². The number of hydrogen-bond acceptors (Lipinski definition) is 2. The van der Waals surface area contributed by atoms with Gasteiger partial charge in [0, 0.05) is 29.4 Å². The van der Waals surface area contributed by atoms with Crippen molar-refractivity contribution in [2.45, 2.75) is 34.6 Å². The molecule has 0 saturated heterocycles. The monoisotopic (exact) mass is 286 g/mol. The molecule has 0 aromatic rings. The Kier molecular flexibility index (Phi) is 5.65. The lowest BCUT2D eigenvalue weighted by Crippen LogP contribution is -2.16. The first-order chi connectivity index (χ1) is 9.76. The molecule has 0 fully saturated rings. The van der Waals surface area contributed by atoms with E-state index in [1.54, 1.807) is 11.0 Å². The van der Waals surface area contributed by atoms with Crippen LogP contribution in [0.3, 0.4) is 0 Å². The largest absolute Gasteiger partial charge is 0.321 e. The Morgan fingerprint density at radius 2 is 1.86 bits per heavy atom. The molecule has 21 heavy (non-hydrogen) atoms. The van der Waals surface area contributed by atoms with Crippen LogP contribution < -0.4 is 0 Å². The summed E-state index contributed by atoms with van der Waals surface area (Å²) in [5.41, 5.74) is 4.75. The van der Waals surface area contributed by atoms with Gasteiger partial charge in [-0.15, -0.1) is 0 Å². The second-order valence-electron chi connectivity index (χ2n) is 5.31. The second kappa shape index (κ2) is 7.02. The third-order valence-electron chi connectivity index (χ3n) is 3.18. The van der Waals surface area contributed by atoms with E-state index in [-0.39, 0.29) is 5.83 Å². The molecule has 0 atom stereocenters. The van der Waals surface area contributed by atoms with E-state index in [0.717, 1.165) is 28.1 Å². The maximum absolute atomic E-state index is 14.0. The van der Waals surface area contributed by atoms with Gasteiger partial charge in [-0.1, -0.05) is 24.8 Å². The lowest BCUT2D eigenvalue weighted by Gasteiger charge is -2.23. The van der Waals surface area contributed by atoms with Crippen LogP contribution in [0, 0.1) is 0 Å². The first-order valence-corrected chi connectivity index (χ1v) is 6.83. The molecule has 1 aliphatic heterocycles. The van der Waals surface area contributed by atoms with E-state index in [0.29, 0.717) is 5.70 Å². The highest BCUT2D eigenvalue weighted by Gasteiger charge is 2.16. The van der Waals surface area contributed by atoms with E-state index in [1.165, 1.54) is 6.08 Å². The highest BCUT2D eigenvalue weighted by atomic mass is 19.1. The van der Waals surface area contributed by atoms with Crippen LogP contribution in [0.2, 0.25) is 0 Å². The molecule has 112 valence electrons. The topological polar surface area (TPSA) is 15.6 Å². The van der Waals surface area contributed by atoms with Crippen LogP contribution in [0.4, 0.5) is 4.39 Å². The third-order valence-corrected chi connectivity index (χ3v) is 3.18. The van der Waals surface area contributed by atoms with Crippen molar-refractivity contribution in [3.05, 3.63) is 71.7 Å². The summed E-state index contributed by atoms with van der Waals surface area (Å²) in [6.07, 6.45) is 6.91. The molecule has 0 amide bonds. The Hall–Kier alpha value is -2.16. The fraction of sp³-hybridized carbons (Fsp3) is 0.278. The Labute approximate surface area is 127 Å². The summed E-state index contributed by atoms with van der Waals surface area (Å²) in [6, 6.07) is 0. The summed E-state index contributed by atoms with van der Waals surface area (Å²) in [5.74, 6) is -0.346. The maximum Gasteiger partial charge on any atom is 0.147 e. The van der Waals surface area contributed by atoms with Crippen LogP contribution in [0.5, 0.6) is 0 Å². The van der Waals surface area contributed by atoms with Gasteiger partial charge >= 0.3 is 0 Å². The Bertz CT molecular complexity index is 609. The van der Waals surface area contributed by atoms with E-state index in [9.17, 15) is 4.39 Å². The first-order valence-electron chi connectivity index (χ1n) is 6.83. The molecule has 1 rings (SSSR count). The van der Waals surface area contributed by atoms with E-state index in [2.05, 4.69) is 18.2 Å². The molecule has 0 aromatic heterocycles. The van der Waals surface area contributed by atoms with Crippen molar-refractivity contribution in [3.8, 4) is 0 Å². The molecule has 0 N–H and O–H groups in total. The lowest BCUT2D eigenvalue weighted by atomic mass is 10.1. The van der Waals surface area contributed by atoms with Gasteiger partial charge in [-0.05, 0) is 46.3 Å². The Balaban J connectivity index is 3.23. The van der Waals surface area contributed by atoms with Gasteiger partial charge in [0.1, 0.15) is 5.83 Å². The van der Waals surface area contributed by atoms with Crippen molar-refractivity contribution in [3.63, 3.8) is 0 Å². The number of halogens is 1. The van der Waals surface area contributed by atoms with E-state index >= 15 is 0 Å². The number of hydrogen-bond donors (Lipinski definition) is 0. The molecule has 0 radical (unpaired) electrons. The van der Waals surface area contributed by atoms with Crippen LogP contribution in [0.1, 0.15) is 34.6 Å². The fourth-order valence-corrected chi connectivity index (χ4v) is 1.75. The zero-order chi connectivity index (χ0) is 16.2. The molecule has 0 bridgehead atoms. The standard InChI is InChI=1S/C18H23FN2/c1-8-13(4)14(5)20-15(6)17-9-18(19)16(7)21(11-17)10-12(2)3/h8-11H,1,7H2,2-6H3/b14-13-,20-15?. The van der Waals surface area contributed by atoms with Gasteiger partial charge in [-0.2, -0.15) is 0 Å². The molecule has 0 spiro atoms. The van der Waals surface area contributed by atoms with Crippen molar-refractivity contribution >= 4 is 5.71 Å². The summed E-state index contributed by atoms with van der Waals surface area (Å²) in [4.78, 5) is 6.21. The predicted molar refractivity (Wildman–Crippen MR) is 89.4 cm³/mol. The third kappa shape index (κ3) is 4.42. The zero-order valence-electron chi connectivity index (χ0n) is 13.5. The summed E-state index contributed by atoms with van der Waals surface area (Å²) in [7, 11) is 0. The van der Waals surface area contributed by atoms with Gasteiger partial charge in [-0.3, -0.25) is 4.99 Å². The van der Waals surface area contributed by atoms with Crippen LogP contribution >= 0.6 is 0 Å². The normalized spacial score (nSPS) is 17.0. The van der Waals surface area contributed by atoms with Crippen molar-refractivity contribution < 1.29 is 4.39 Å². The first kappa shape index (κ1) is 16.9. The molecule has 1 aliphatic rings. The minimum atomic E-state index is -0.346. The average molecular weight is 286 g/mol. The van der Waals surface area contributed by atoms with Crippen LogP contribution in [-0.4, -0.2) is 10.6 Å². The minimum Gasteiger partial charge on any atom is -0.321 e. The summed E-state index contributed by atoms with van der Waals surface area (Å²) in [6.45, 7) is 17.1. The average Bonchev–Trinajstić information content (AvgIpc) is 2.41. The van der Waals surface area contributed by atoms with Crippen molar-refractivity contribution in [2.75, 3.05) is 0 Å².